The molecule has 2 aromatic carbocycles. The molecule has 7 nitrogen and oxygen atoms in total. The third-order valence-electron chi connectivity index (χ3n) is 5.51. The summed E-state index contributed by atoms with van der Waals surface area (Å²) < 4.78 is 4.97. The number of nitrogens with zero attached hydrogens (tertiary/aromatic N) is 1. The van der Waals surface area contributed by atoms with Gasteiger partial charge in [0.1, 0.15) is 0 Å². The Morgan fingerprint density at radius 1 is 1.06 bits per heavy atom. The van der Waals surface area contributed by atoms with Gasteiger partial charge in [0.2, 0.25) is 0 Å². The van der Waals surface area contributed by atoms with Gasteiger partial charge in [0.15, 0.2) is 5.11 Å². The summed E-state index contributed by atoms with van der Waals surface area (Å²) in [6, 6.07) is 12.3. The van der Waals surface area contributed by atoms with Crippen molar-refractivity contribution >= 4 is 40.7 Å². The minimum absolute atomic E-state index is 0.328. The summed E-state index contributed by atoms with van der Waals surface area (Å²) in [5, 5.41) is 9.40. The first kappa shape index (κ1) is 22.3. The van der Waals surface area contributed by atoms with Gasteiger partial charge >= 0.3 is 12.0 Å². The van der Waals surface area contributed by atoms with Crippen molar-refractivity contribution in [3.05, 3.63) is 70.4 Å². The van der Waals surface area contributed by atoms with Crippen LogP contribution in [0.15, 0.2) is 53.7 Å². The fourth-order valence-corrected chi connectivity index (χ4v) is 3.64. The molecule has 0 unspecified atom stereocenters. The predicted octanol–water partition coefficient (Wildman–Crippen LogP) is 4.26. The van der Waals surface area contributed by atoms with Gasteiger partial charge < -0.3 is 25.6 Å². The molecule has 0 aromatic heterocycles. The number of nitrogens with one attached hydrogen (secondary N) is 3. The maximum atomic E-state index is 12.4. The number of urea groups is 1. The minimum Gasteiger partial charge on any atom is -0.466 e. The molecule has 0 radical (unpaired) electrons. The van der Waals surface area contributed by atoms with Gasteiger partial charge in [-0.1, -0.05) is 24.3 Å². The number of carbonyl (C=O) groups is 2. The molecule has 1 aliphatic rings. The van der Waals surface area contributed by atoms with Gasteiger partial charge in [0, 0.05) is 24.1 Å². The molecule has 162 valence electrons. The molecule has 0 saturated heterocycles. The molecular weight excluding hydrogens is 412 g/mol. The number of rotatable bonds is 4. The van der Waals surface area contributed by atoms with Crippen LogP contribution in [-0.2, 0) is 9.53 Å². The van der Waals surface area contributed by atoms with Crippen molar-refractivity contribution in [1.29, 1.82) is 0 Å². The number of methoxy groups -OCH3 is 1. The van der Waals surface area contributed by atoms with Gasteiger partial charge in [-0.15, -0.1) is 0 Å². The van der Waals surface area contributed by atoms with Crippen molar-refractivity contribution in [2.75, 3.05) is 24.8 Å². The normalized spacial score (nSPS) is 16.0. The maximum Gasteiger partial charge on any atom is 0.337 e. The molecule has 8 heteroatoms. The number of hydrogen-bond acceptors (Lipinski definition) is 4. The van der Waals surface area contributed by atoms with Crippen molar-refractivity contribution in [2.45, 2.75) is 26.8 Å². The standard InChI is InChI=1S/C23H26N4O3S/c1-13-7-6-8-18(14(13)2)25-22(29)24-17-11-9-16(10-12-17)20-19(21(28)30-5)15(3)27(4)23(31)26-20/h6-12,20H,1-5H3,(H,26,31)(H2,24,25,29)/t20-/m1/s1. The summed E-state index contributed by atoms with van der Waals surface area (Å²) in [6.45, 7) is 5.80. The molecular formula is C23H26N4O3S. The highest BCUT2D eigenvalue weighted by atomic mass is 32.1. The highest BCUT2D eigenvalue weighted by molar-refractivity contribution is 7.80. The number of allylic oxidation sites excluding steroid dienone is 1. The van der Waals surface area contributed by atoms with Crippen LogP contribution in [0, 0.1) is 13.8 Å². The van der Waals surface area contributed by atoms with Gasteiger partial charge in [-0.3, -0.25) is 0 Å². The van der Waals surface area contributed by atoms with Crippen LogP contribution in [0.2, 0.25) is 0 Å². The van der Waals surface area contributed by atoms with E-state index < -0.39 is 12.0 Å². The molecule has 3 rings (SSSR count). The number of amides is 2. The van der Waals surface area contributed by atoms with E-state index in [0.29, 0.717) is 16.4 Å². The molecule has 0 fully saturated rings. The molecule has 1 heterocycles. The largest absolute Gasteiger partial charge is 0.466 e. The average Bonchev–Trinajstić information content (AvgIpc) is 2.75. The predicted molar refractivity (Wildman–Crippen MR) is 126 cm³/mol. The van der Waals surface area contributed by atoms with Crippen LogP contribution in [0.3, 0.4) is 0 Å². The van der Waals surface area contributed by atoms with Gasteiger partial charge in [0.05, 0.1) is 18.7 Å². The van der Waals surface area contributed by atoms with Crippen LogP contribution in [-0.4, -0.2) is 36.2 Å². The monoisotopic (exact) mass is 438 g/mol. The summed E-state index contributed by atoms with van der Waals surface area (Å²) in [6.07, 6.45) is 0. The third-order valence-corrected chi connectivity index (χ3v) is 5.91. The van der Waals surface area contributed by atoms with E-state index in [1.807, 2.05) is 51.1 Å². The molecule has 1 aliphatic heterocycles. The summed E-state index contributed by atoms with van der Waals surface area (Å²) in [4.78, 5) is 26.5. The second-order valence-corrected chi connectivity index (χ2v) is 7.77. The summed E-state index contributed by atoms with van der Waals surface area (Å²) in [5.74, 6) is -0.417. The van der Waals surface area contributed by atoms with E-state index in [9.17, 15) is 9.59 Å². The molecule has 0 saturated carbocycles. The average molecular weight is 439 g/mol. The zero-order chi connectivity index (χ0) is 22.7. The fourth-order valence-electron chi connectivity index (χ4n) is 3.39. The molecule has 3 N–H and O–H groups in total. The van der Waals surface area contributed by atoms with Crippen molar-refractivity contribution in [3.8, 4) is 0 Å². The number of carbonyl (C=O) groups excluding carboxylic acids is 2. The smallest absolute Gasteiger partial charge is 0.337 e. The van der Waals surface area contributed by atoms with E-state index in [-0.39, 0.29) is 6.03 Å². The number of aryl methyl sites for hydroxylation is 1. The third kappa shape index (κ3) is 4.69. The van der Waals surface area contributed by atoms with Gasteiger partial charge in [0.25, 0.3) is 0 Å². The van der Waals surface area contributed by atoms with Crippen LogP contribution in [0.4, 0.5) is 16.2 Å². The second kappa shape index (κ2) is 9.18. The fraction of sp³-hybridized carbons (Fsp3) is 0.261. The zero-order valence-corrected chi connectivity index (χ0v) is 19.0. The topological polar surface area (TPSA) is 82.7 Å². The highest BCUT2D eigenvalue weighted by Crippen LogP contribution is 2.31. The Bertz CT molecular complexity index is 1060. The Morgan fingerprint density at radius 3 is 2.39 bits per heavy atom. The van der Waals surface area contributed by atoms with E-state index in [1.54, 1.807) is 24.1 Å². The first-order chi connectivity index (χ1) is 14.7. The lowest BCUT2D eigenvalue weighted by atomic mass is 9.95. The first-order valence-corrected chi connectivity index (χ1v) is 10.2. The highest BCUT2D eigenvalue weighted by Gasteiger charge is 2.33. The second-order valence-electron chi connectivity index (χ2n) is 7.38. The lowest BCUT2D eigenvalue weighted by molar-refractivity contribution is -0.136. The molecule has 31 heavy (non-hydrogen) atoms. The van der Waals surface area contributed by atoms with Gasteiger partial charge in [-0.05, 0) is 67.9 Å². The molecule has 0 aliphatic carbocycles. The SMILES string of the molecule is COC(=O)C1=C(C)N(C)C(=S)N[C@@H]1c1ccc(NC(=O)Nc2cccc(C)c2C)cc1. The van der Waals surface area contributed by atoms with Crippen LogP contribution in [0.5, 0.6) is 0 Å². The Labute approximate surface area is 187 Å². The van der Waals surface area contributed by atoms with Crippen molar-refractivity contribution < 1.29 is 14.3 Å². The van der Waals surface area contributed by atoms with Crippen LogP contribution < -0.4 is 16.0 Å². The summed E-state index contributed by atoms with van der Waals surface area (Å²) in [5.41, 5.74) is 5.58. The Kier molecular flexibility index (Phi) is 6.60. The molecule has 0 bridgehead atoms. The van der Waals surface area contributed by atoms with Crippen LogP contribution in [0.25, 0.3) is 0 Å². The Morgan fingerprint density at radius 2 is 1.74 bits per heavy atom. The van der Waals surface area contributed by atoms with Gasteiger partial charge in [-0.2, -0.15) is 0 Å². The first-order valence-electron chi connectivity index (χ1n) is 9.80. The van der Waals surface area contributed by atoms with Gasteiger partial charge in [-0.25, -0.2) is 9.59 Å². The van der Waals surface area contributed by atoms with E-state index in [0.717, 1.165) is 28.1 Å². The van der Waals surface area contributed by atoms with E-state index in [2.05, 4.69) is 16.0 Å². The van der Waals surface area contributed by atoms with E-state index >= 15 is 0 Å². The zero-order valence-electron chi connectivity index (χ0n) is 18.2. The number of thiocarbonyl (C=S) groups is 1. The number of benzene rings is 2. The number of esters is 1. The van der Waals surface area contributed by atoms with Crippen LogP contribution >= 0.6 is 12.2 Å². The lowest BCUT2D eigenvalue weighted by Crippen LogP contribution is -2.46. The maximum absolute atomic E-state index is 12.4. The molecule has 2 aromatic rings. The summed E-state index contributed by atoms with van der Waals surface area (Å²) in [7, 11) is 3.15. The molecule has 1 atom stereocenters. The van der Waals surface area contributed by atoms with Crippen molar-refractivity contribution in [1.82, 2.24) is 10.2 Å². The van der Waals surface area contributed by atoms with E-state index in [1.165, 1.54) is 7.11 Å². The number of ether oxygens (including phenoxy) is 1. The lowest BCUT2D eigenvalue weighted by Gasteiger charge is -2.35. The Hall–Kier alpha value is -3.39. The number of hydrogen-bond donors (Lipinski definition) is 3. The van der Waals surface area contributed by atoms with Crippen molar-refractivity contribution in [3.63, 3.8) is 0 Å². The van der Waals surface area contributed by atoms with Crippen molar-refractivity contribution in [2.24, 2.45) is 0 Å². The Balaban J connectivity index is 1.77. The number of anilines is 2. The molecule has 2 amide bonds. The summed E-state index contributed by atoms with van der Waals surface area (Å²) >= 11 is 5.39. The minimum atomic E-state index is -0.436. The van der Waals surface area contributed by atoms with Crippen LogP contribution in [0.1, 0.15) is 29.7 Å². The van der Waals surface area contributed by atoms with E-state index in [4.69, 9.17) is 17.0 Å². The quantitative estimate of drug-likeness (QED) is 0.489. The molecule has 0 spiro atoms.